The molecule has 176 valence electrons. The van der Waals surface area contributed by atoms with Gasteiger partial charge in [0.2, 0.25) is 0 Å². The number of aliphatic carboxylic acids is 1. The van der Waals surface area contributed by atoms with Crippen LogP contribution in [0.5, 0.6) is 0 Å². The average molecular weight is 458 g/mol. The Hall–Kier alpha value is -3.28. The molecule has 0 bridgehead atoms. The number of pyridine rings is 1. The van der Waals surface area contributed by atoms with E-state index in [0.717, 1.165) is 24.0 Å². The predicted octanol–water partition coefficient (Wildman–Crippen LogP) is 6.22. The molecule has 2 aromatic carbocycles. The van der Waals surface area contributed by atoms with E-state index in [1.807, 2.05) is 36.5 Å². The first-order chi connectivity index (χ1) is 16.7. The van der Waals surface area contributed by atoms with Gasteiger partial charge in [0.05, 0.1) is 25.4 Å². The summed E-state index contributed by atoms with van der Waals surface area (Å²) in [6, 6.07) is 22.8. The van der Waals surface area contributed by atoms with Crippen molar-refractivity contribution in [3.63, 3.8) is 0 Å². The van der Waals surface area contributed by atoms with Crippen molar-refractivity contribution in [2.45, 2.75) is 44.5 Å². The molecule has 1 aromatic heterocycles. The Morgan fingerprint density at radius 3 is 2.50 bits per heavy atom. The standard InChI is InChI=1S/C29H31NO4/c31-28(32)13-7-2-1-6-12-26-27(21-34-29(26)25-11-8-18-30-19-25)33-20-22-14-16-24(17-15-22)23-9-4-3-5-10-23/h1-5,8-11,14-19,26-27,29H,6-7,12-13,20-21H2,(H,31,32)/b2-1-/t26-,27+,29-/m1/s1. The maximum atomic E-state index is 10.7. The van der Waals surface area contributed by atoms with Gasteiger partial charge in [0.1, 0.15) is 0 Å². The molecule has 5 nitrogen and oxygen atoms in total. The van der Waals surface area contributed by atoms with E-state index < -0.39 is 5.97 Å². The number of allylic oxidation sites excluding steroid dienone is 2. The fourth-order valence-corrected chi connectivity index (χ4v) is 4.40. The van der Waals surface area contributed by atoms with Gasteiger partial charge in [0.25, 0.3) is 0 Å². The second-order valence-corrected chi connectivity index (χ2v) is 8.60. The van der Waals surface area contributed by atoms with E-state index in [1.54, 1.807) is 6.20 Å². The number of aromatic nitrogens is 1. The summed E-state index contributed by atoms with van der Waals surface area (Å²) in [4.78, 5) is 15.0. The lowest BCUT2D eigenvalue weighted by Crippen LogP contribution is -2.23. The van der Waals surface area contributed by atoms with Crippen molar-refractivity contribution < 1.29 is 19.4 Å². The van der Waals surface area contributed by atoms with Crippen LogP contribution < -0.4 is 0 Å². The van der Waals surface area contributed by atoms with E-state index in [-0.39, 0.29) is 24.5 Å². The van der Waals surface area contributed by atoms with Gasteiger partial charge in [-0.1, -0.05) is 72.8 Å². The van der Waals surface area contributed by atoms with E-state index in [2.05, 4.69) is 53.5 Å². The van der Waals surface area contributed by atoms with Crippen molar-refractivity contribution in [3.8, 4) is 11.1 Å². The van der Waals surface area contributed by atoms with Crippen molar-refractivity contribution in [2.75, 3.05) is 6.61 Å². The normalized spacial score (nSPS) is 20.1. The molecule has 0 radical (unpaired) electrons. The maximum absolute atomic E-state index is 10.7. The van der Waals surface area contributed by atoms with Crippen molar-refractivity contribution >= 4 is 5.97 Å². The Morgan fingerprint density at radius 2 is 1.76 bits per heavy atom. The third-order valence-electron chi connectivity index (χ3n) is 6.20. The monoisotopic (exact) mass is 457 g/mol. The van der Waals surface area contributed by atoms with Crippen LogP contribution in [0, 0.1) is 5.92 Å². The number of benzene rings is 2. The summed E-state index contributed by atoms with van der Waals surface area (Å²) in [7, 11) is 0. The van der Waals surface area contributed by atoms with E-state index in [4.69, 9.17) is 14.6 Å². The van der Waals surface area contributed by atoms with Gasteiger partial charge in [-0.25, -0.2) is 0 Å². The van der Waals surface area contributed by atoms with Gasteiger partial charge in [0.15, 0.2) is 0 Å². The molecule has 0 spiro atoms. The second-order valence-electron chi connectivity index (χ2n) is 8.60. The molecule has 5 heteroatoms. The first-order valence-electron chi connectivity index (χ1n) is 11.8. The molecule has 0 unspecified atom stereocenters. The van der Waals surface area contributed by atoms with E-state index in [1.165, 1.54) is 11.1 Å². The van der Waals surface area contributed by atoms with Crippen molar-refractivity contribution in [3.05, 3.63) is 102 Å². The Labute approximate surface area is 201 Å². The molecule has 0 saturated carbocycles. The number of rotatable bonds is 11. The highest BCUT2D eigenvalue weighted by molar-refractivity contribution is 5.66. The minimum atomic E-state index is -0.768. The molecule has 0 amide bonds. The number of hydrogen-bond donors (Lipinski definition) is 1. The number of carbonyl (C=O) groups is 1. The van der Waals surface area contributed by atoms with Gasteiger partial charge >= 0.3 is 5.97 Å². The van der Waals surface area contributed by atoms with Gasteiger partial charge in [0, 0.05) is 24.7 Å². The van der Waals surface area contributed by atoms with Crippen LogP contribution in [-0.2, 0) is 20.9 Å². The zero-order chi connectivity index (χ0) is 23.6. The molecule has 2 heterocycles. The Kier molecular flexibility index (Phi) is 8.60. The molecule has 4 rings (SSSR count). The zero-order valence-corrected chi connectivity index (χ0v) is 19.3. The molecule has 1 fully saturated rings. The second kappa shape index (κ2) is 12.3. The van der Waals surface area contributed by atoms with Gasteiger partial charge < -0.3 is 14.6 Å². The fourth-order valence-electron chi connectivity index (χ4n) is 4.40. The highest BCUT2D eigenvalue weighted by Crippen LogP contribution is 2.39. The van der Waals surface area contributed by atoms with Crippen LogP contribution >= 0.6 is 0 Å². The first kappa shape index (κ1) is 23.9. The van der Waals surface area contributed by atoms with Gasteiger partial charge in [-0.3, -0.25) is 9.78 Å². The minimum absolute atomic E-state index is 0.00794. The van der Waals surface area contributed by atoms with Crippen LogP contribution in [0.2, 0.25) is 0 Å². The lowest BCUT2D eigenvalue weighted by molar-refractivity contribution is -0.136. The van der Waals surface area contributed by atoms with Crippen LogP contribution in [0.25, 0.3) is 11.1 Å². The summed E-state index contributed by atoms with van der Waals surface area (Å²) in [5, 5.41) is 8.79. The third kappa shape index (κ3) is 6.62. The first-order valence-corrected chi connectivity index (χ1v) is 11.8. The summed E-state index contributed by atoms with van der Waals surface area (Å²) >= 11 is 0. The molecule has 1 N–H and O–H groups in total. The summed E-state index contributed by atoms with van der Waals surface area (Å²) in [6.07, 6.45) is 10.1. The Morgan fingerprint density at radius 1 is 1.00 bits per heavy atom. The maximum Gasteiger partial charge on any atom is 0.303 e. The molecular weight excluding hydrogens is 426 g/mol. The van der Waals surface area contributed by atoms with Crippen molar-refractivity contribution in [2.24, 2.45) is 5.92 Å². The molecule has 3 atom stereocenters. The van der Waals surface area contributed by atoms with Crippen LogP contribution in [0.15, 0.2) is 91.3 Å². The Bertz CT molecular complexity index is 1050. The zero-order valence-electron chi connectivity index (χ0n) is 19.3. The van der Waals surface area contributed by atoms with Crippen LogP contribution in [0.1, 0.15) is 42.9 Å². The topological polar surface area (TPSA) is 68.7 Å². The fraction of sp³-hybridized carbons (Fsp3) is 0.310. The molecule has 1 aliphatic rings. The molecule has 1 saturated heterocycles. The minimum Gasteiger partial charge on any atom is -0.481 e. The highest BCUT2D eigenvalue weighted by atomic mass is 16.6. The van der Waals surface area contributed by atoms with Crippen LogP contribution in [-0.4, -0.2) is 28.8 Å². The summed E-state index contributed by atoms with van der Waals surface area (Å²) in [5.74, 6) is -0.562. The van der Waals surface area contributed by atoms with E-state index >= 15 is 0 Å². The van der Waals surface area contributed by atoms with Gasteiger partial charge in [-0.15, -0.1) is 0 Å². The largest absolute Gasteiger partial charge is 0.481 e. The van der Waals surface area contributed by atoms with E-state index in [0.29, 0.717) is 19.6 Å². The summed E-state index contributed by atoms with van der Waals surface area (Å²) in [5.41, 5.74) is 4.60. The molecular formula is C29H31NO4. The molecule has 3 aromatic rings. The highest BCUT2D eigenvalue weighted by Gasteiger charge is 2.38. The van der Waals surface area contributed by atoms with Crippen LogP contribution in [0.4, 0.5) is 0 Å². The molecule has 0 aliphatic carbocycles. The quantitative estimate of drug-likeness (QED) is 0.346. The van der Waals surface area contributed by atoms with Gasteiger partial charge in [-0.2, -0.15) is 0 Å². The number of carboxylic acids is 1. The SMILES string of the molecule is O=C(O)CC/C=C\CC[C@@H]1[C@@H](OCc2ccc(-c3ccccc3)cc2)CO[C@@H]1c1cccnc1. The van der Waals surface area contributed by atoms with Gasteiger partial charge in [-0.05, 0) is 47.6 Å². The van der Waals surface area contributed by atoms with Crippen molar-refractivity contribution in [1.82, 2.24) is 4.98 Å². The lowest BCUT2D eigenvalue weighted by Gasteiger charge is -2.23. The Balaban J connectivity index is 1.37. The van der Waals surface area contributed by atoms with Crippen LogP contribution in [0.3, 0.4) is 0 Å². The van der Waals surface area contributed by atoms with E-state index in [9.17, 15) is 4.79 Å². The van der Waals surface area contributed by atoms with Crippen molar-refractivity contribution in [1.29, 1.82) is 0 Å². The number of carboxylic acid groups (broad SMARTS) is 1. The summed E-state index contributed by atoms with van der Waals surface area (Å²) < 4.78 is 12.5. The number of nitrogens with zero attached hydrogens (tertiary/aromatic N) is 1. The number of ether oxygens (including phenoxy) is 2. The lowest BCUT2D eigenvalue weighted by atomic mass is 9.90. The number of hydrogen-bond acceptors (Lipinski definition) is 4. The summed E-state index contributed by atoms with van der Waals surface area (Å²) in [6.45, 7) is 1.09. The average Bonchev–Trinajstić information content (AvgIpc) is 3.28. The predicted molar refractivity (Wildman–Crippen MR) is 132 cm³/mol. The molecule has 1 aliphatic heterocycles. The molecule has 34 heavy (non-hydrogen) atoms. The third-order valence-corrected chi connectivity index (χ3v) is 6.20. The smallest absolute Gasteiger partial charge is 0.303 e.